The maximum absolute atomic E-state index is 9.30. The number of para-hydroxylation sites is 1. The predicted octanol–water partition coefficient (Wildman–Crippen LogP) is 4.10. The molecule has 0 spiro atoms. The number of phenols is 1. The molecule has 16 heavy (non-hydrogen) atoms. The normalized spacial score (nSPS) is 10.1. The summed E-state index contributed by atoms with van der Waals surface area (Å²) >= 11 is 6.05. The maximum Gasteiger partial charge on any atom is 0.115 e. The minimum atomic E-state index is 0.266. The summed E-state index contributed by atoms with van der Waals surface area (Å²) in [4.78, 5) is 0. The first-order valence-electron chi connectivity index (χ1n) is 4.98. The van der Waals surface area contributed by atoms with Crippen LogP contribution in [0.15, 0.2) is 42.5 Å². The Morgan fingerprint density at radius 3 is 2.50 bits per heavy atom. The van der Waals surface area contributed by atoms with E-state index in [0.717, 1.165) is 16.9 Å². The van der Waals surface area contributed by atoms with E-state index in [4.69, 9.17) is 11.6 Å². The average molecular weight is 234 g/mol. The van der Waals surface area contributed by atoms with Crippen LogP contribution in [-0.4, -0.2) is 5.11 Å². The lowest BCUT2D eigenvalue weighted by Gasteiger charge is -2.10. The van der Waals surface area contributed by atoms with E-state index in [1.54, 1.807) is 12.1 Å². The molecule has 0 aromatic heterocycles. The number of nitrogens with one attached hydrogen (secondary N) is 1. The second-order valence-corrected chi connectivity index (χ2v) is 4.01. The summed E-state index contributed by atoms with van der Waals surface area (Å²) in [5, 5.41) is 13.2. The van der Waals surface area contributed by atoms with Crippen LogP contribution in [0.1, 0.15) is 5.56 Å². The molecule has 3 heteroatoms. The fourth-order valence-corrected chi connectivity index (χ4v) is 1.68. The number of hydrogen-bond acceptors (Lipinski definition) is 2. The molecule has 2 N–H and O–H groups in total. The molecule has 0 fully saturated rings. The summed E-state index contributed by atoms with van der Waals surface area (Å²) in [6.45, 7) is 1.93. The molecule has 0 aliphatic heterocycles. The lowest BCUT2D eigenvalue weighted by atomic mass is 10.2. The van der Waals surface area contributed by atoms with E-state index in [1.807, 2.05) is 37.3 Å². The van der Waals surface area contributed by atoms with Crippen LogP contribution in [0.3, 0.4) is 0 Å². The highest BCUT2D eigenvalue weighted by Crippen LogP contribution is 2.28. The molecule has 0 amide bonds. The molecule has 2 aromatic rings. The van der Waals surface area contributed by atoms with Gasteiger partial charge in [-0.1, -0.05) is 23.7 Å². The number of halogens is 1. The molecule has 2 aromatic carbocycles. The zero-order valence-corrected chi connectivity index (χ0v) is 9.62. The summed E-state index contributed by atoms with van der Waals surface area (Å²) in [6, 6.07) is 12.7. The van der Waals surface area contributed by atoms with Gasteiger partial charge in [0.25, 0.3) is 0 Å². The number of anilines is 2. The van der Waals surface area contributed by atoms with Crippen LogP contribution in [0.5, 0.6) is 5.75 Å². The number of rotatable bonds is 2. The Morgan fingerprint density at radius 1 is 1.06 bits per heavy atom. The van der Waals surface area contributed by atoms with E-state index < -0.39 is 0 Å². The molecule has 0 unspecified atom stereocenters. The van der Waals surface area contributed by atoms with Gasteiger partial charge in [-0.2, -0.15) is 0 Å². The summed E-state index contributed by atoms with van der Waals surface area (Å²) in [5.41, 5.74) is 2.77. The molecule has 82 valence electrons. The fraction of sp³-hybridized carbons (Fsp3) is 0.0769. The number of hydrogen-bond donors (Lipinski definition) is 2. The number of aromatic hydroxyl groups is 1. The number of benzene rings is 2. The van der Waals surface area contributed by atoms with Crippen LogP contribution in [-0.2, 0) is 0 Å². The Balaban J connectivity index is 2.31. The third kappa shape index (κ3) is 2.28. The van der Waals surface area contributed by atoms with Crippen LogP contribution in [0, 0.1) is 6.92 Å². The Bertz CT molecular complexity index is 511. The SMILES string of the molecule is Cc1cc(O)ccc1Nc1ccccc1Cl. The van der Waals surface area contributed by atoms with E-state index in [0.29, 0.717) is 5.02 Å². The first-order valence-corrected chi connectivity index (χ1v) is 5.36. The minimum Gasteiger partial charge on any atom is -0.508 e. The van der Waals surface area contributed by atoms with Crippen LogP contribution >= 0.6 is 11.6 Å². The molecule has 0 aliphatic carbocycles. The van der Waals surface area contributed by atoms with Crippen LogP contribution in [0.4, 0.5) is 11.4 Å². The van der Waals surface area contributed by atoms with Gasteiger partial charge in [0, 0.05) is 5.69 Å². The second-order valence-electron chi connectivity index (χ2n) is 3.60. The van der Waals surface area contributed by atoms with E-state index >= 15 is 0 Å². The van der Waals surface area contributed by atoms with Crippen LogP contribution in [0.25, 0.3) is 0 Å². The standard InChI is InChI=1S/C13H12ClNO/c1-9-8-10(16)6-7-12(9)15-13-5-3-2-4-11(13)14/h2-8,15-16H,1H3. The average Bonchev–Trinajstić information content (AvgIpc) is 2.25. The first kappa shape index (κ1) is 10.8. The summed E-state index contributed by atoms with van der Waals surface area (Å²) in [7, 11) is 0. The number of phenolic OH excluding ortho intramolecular Hbond substituents is 1. The molecule has 0 saturated carbocycles. The highest BCUT2D eigenvalue weighted by atomic mass is 35.5. The van der Waals surface area contributed by atoms with Crippen molar-refractivity contribution in [1.29, 1.82) is 0 Å². The molecule has 0 radical (unpaired) electrons. The molecular weight excluding hydrogens is 222 g/mol. The summed E-state index contributed by atoms with van der Waals surface area (Å²) in [6.07, 6.45) is 0. The molecule has 0 saturated heterocycles. The third-order valence-corrected chi connectivity index (χ3v) is 2.68. The lowest BCUT2D eigenvalue weighted by Crippen LogP contribution is -1.93. The molecule has 0 aliphatic rings. The Hall–Kier alpha value is -1.67. The van der Waals surface area contributed by atoms with Gasteiger partial charge in [0.2, 0.25) is 0 Å². The monoisotopic (exact) mass is 233 g/mol. The van der Waals surface area contributed by atoms with Gasteiger partial charge < -0.3 is 10.4 Å². The van der Waals surface area contributed by atoms with Gasteiger partial charge in [-0.25, -0.2) is 0 Å². The zero-order valence-electron chi connectivity index (χ0n) is 8.87. The van der Waals surface area contributed by atoms with Crippen molar-refractivity contribution in [2.45, 2.75) is 6.92 Å². The van der Waals surface area contributed by atoms with Crippen molar-refractivity contribution in [3.05, 3.63) is 53.1 Å². The van der Waals surface area contributed by atoms with Gasteiger partial charge in [-0.3, -0.25) is 0 Å². The van der Waals surface area contributed by atoms with Crippen molar-refractivity contribution in [1.82, 2.24) is 0 Å². The minimum absolute atomic E-state index is 0.266. The lowest BCUT2D eigenvalue weighted by molar-refractivity contribution is 0.475. The highest BCUT2D eigenvalue weighted by Gasteiger charge is 2.02. The van der Waals surface area contributed by atoms with E-state index in [-0.39, 0.29) is 5.75 Å². The van der Waals surface area contributed by atoms with E-state index in [9.17, 15) is 5.11 Å². The quantitative estimate of drug-likeness (QED) is 0.766. The van der Waals surface area contributed by atoms with Crippen molar-refractivity contribution in [3.63, 3.8) is 0 Å². The molecular formula is C13H12ClNO. The largest absolute Gasteiger partial charge is 0.508 e. The highest BCUT2D eigenvalue weighted by molar-refractivity contribution is 6.33. The molecule has 2 rings (SSSR count). The first-order chi connectivity index (χ1) is 7.66. The van der Waals surface area contributed by atoms with Crippen molar-refractivity contribution < 1.29 is 5.11 Å². The Kier molecular flexibility index (Phi) is 3.02. The van der Waals surface area contributed by atoms with Gasteiger partial charge in [0.15, 0.2) is 0 Å². The summed E-state index contributed by atoms with van der Waals surface area (Å²) in [5.74, 6) is 0.266. The van der Waals surface area contributed by atoms with Crippen LogP contribution in [0.2, 0.25) is 5.02 Å². The van der Waals surface area contributed by atoms with Crippen molar-refractivity contribution >= 4 is 23.0 Å². The molecule has 0 bridgehead atoms. The van der Waals surface area contributed by atoms with Crippen LogP contribution < -0.4 is 5.32 Å². The van der Waals surface area contributed by atoms with Gasteiger partial charge in [-0.05, 0) is 42.8 Å². The van der Waals surface area contributed by atoms with Gasteiger partial charge >= 0.3 is 0 Å². The van der Waals surface area contributed by atoms with Gasteiger partial charge in [0.05, 0.1) is 10.7 Å². The topological polar surface area (TPSA) is 32.3 Å². The molecule has 2 nitrogen and oxygen atoms in total. The van der Waals surface area contributed by atoms with E-state index in [2.05, 4.69) is 5.32 Å². The Labute approximate surface area is 99.5 Å². The third-order valence-electron chi connectivity index (χ3n) is 2.35. The maximum atomic E-state index is 9.30. The predicted molar refractivity (Wildman–Crippen MR) is 67.6 cm³/mol. The number of aryl methyl sites for hydroxylation is 1. The summed E-state index contributed by atoms with van der Waals surface area (Å²) < 4.78 is 0. The smallest absolute Gasteiger partial charge is 0.115 e. The van der Waals surface area contributed by atoms with Crippen molar-refractivity contribution in [3.8, 4) is 5.75 Å². The van der Waals surface area contributed by atoms with E-state index in [1.165, 1.54) is 0 Å². The van der Waals surface area contributed by atoms with Crippen molar-refractivity contribution in [2.75, 3.05) is 5.32 Å². The Morgan fingerprint density at radius 2 is 1.81 bits per heavy atom. The second kappa shape index (κ2) is 4.45. The van der Waals surface area contributed by atoms with Crippen molar-refractivity contribution in [2.24, 2.45) is 0 Å². The molecule has 0 heterocycles. The van der Waals surface area contributed by atoms with Gasteiger partial charge in [-0.15, -0.1) is 0 Å². The zero-order chi connectivity index (χ0) is 11.5. The van der Waals surface area contributed by atoms with Gasteiger partial charge in [0.1, 0.15) is 5.75 Å². The molecule has 0 atom stereocenters. The fourth-order valence-electron chi connectivity index (χ4n) is 1.50.